The molecule has 0 aromatic rings. The Balaban J connectivity index is 1.73. The Morgan fingerprint density at radius 2 is 1.69 bits per heavy atom. The minimum absolute atomic E-state index is 0.396. The maximum atomic E-state index is 12.1. The van der Waals surface area contributed by atoms with Gasteiger partial charge in [0.05, 0.1) is 6.54 Å². The van der Waals surface area contributed by atoms with Crippen LogP contribution in [0, 0.1) is 11.8 Å². The highest BCUT2D eigenvalue weighted by Gasteiger charge is 2.24. The number of piperidine rings is 1. The second-order valence-electron chi connectivity index (χ2n) is 5.76. The van der Waals surface area contributed by atoms with Gasteiger partial charge in [-0.05, 0) is 44.7 Å². The van der Waals surface area contributed by atoms with Crippen LogP contribution < -0.4 is 0 Å². The number of hydrogen-bond acceptors (Lipinski definition) is 2. The van der Waals surface area contributed by atoms with Gasteiger partial charge in [0, 0.05) is 5.92 Å². The molecule has 2 fully saturated rings. The molecule has 16 heavy (non-hydrogen) atoms. The molecule has 1 aliphatic carbocycles. The van der Waals surface area contributed by atoms with Crippen LogP contribution in [0.15, 0.2) is 0 Å². The summed E-state index contributed by atoms with van der Waals surface area (Å²) in [4.78, 5) is 14.5. The first-order valence-corrected chi connectivity index (χ1v) is 7.01. The number of hydrogen-bond donors (Lipinski definition) is 0. The molecular formula is C14H25NO. The Morgan fingerprint density at radius 3 is 2.31 bits per heavy atom. The summed E-state index contributed by atoms with van der Waals surface area (Å²) < 4.78 is 0. The van der Waals surface area contributed by atoms with Crippen molar-refractivity contribution >= 4 is 5.78 Å². The number of carbonyl (C=O) groups is 1. The zero-order chi connectivity index (χ0) is 11.4. The second kappa shape index (κ2) is 5.81. The first kappa shape index (κ1) is 12.1. The normalized spacial score (nSPS) is 25.8. The summed E-state index contributed by atoms with van der Waals surface area (Å²) in [5.74, 6) is 1.78. The lowest BCUT2D eigenvalue weighted by atomic mass is 9.86. The van der Waals surface area contributed by atoms with E-state index in [1.54, 1.807) is 0 Å². The van der Waals surface area contributed by atoms with Gasteiger partial charge >= 0.3 is 0 Å². The monoisotopic (exact) mass is 223 g/mol. The molecule has 1 aliphatic heterocycles. The molecule has 2 rings (SSSR count). The Bertz CT molecular complexity index is 225. The van der Waals surface area contributed by atoms with Crippen LogP contribution in [0.3, 0.4) is 0 Å². The third-order valence-electron chi connectivity index (χ3n) is 4.32. The SMILES string of the molecule is CC1CCN(CC(=O)C2CCCCC2)CC1. The molecule has 0 aromatic carbocycles. The summed E-state index contributed by atoms with van der Waals surface area (Å²) in [7, 11) is 0. The topological polar surface area (TPSA) is 20.3 Å². The number of carbonyl (C=O) groups excluding carboxylic acids is 1. The highest BCUT2D eigenvalue weighted by Crippen LogP contribution is 2.25. The lowest BCUT2D eigenvalue weighted by Gasteiger charge is -2.31. The third-order valence-corrected chi connectivity index (χ3v) is 4.32. The van der Waals surface area contributed by atoms with Crippen molar-refractivity contribution in [3.05, 3.63) is 0 Å². The van der Waals surface area contributed by atoms with Crippen molar-refractivity contribution in [3.63, 3.8) is 0 Å². The van der Waals surface area contributed by atoms with Crippen molar-refractivity contribution in [3.8, 4) is 0 Å². The van der Waals surface area contributed by atoms with E-state index in [2.05, 4.69) is 11.8 Å². The Labute approximate surface area is 99.4 Å². The molecular weight excluding hydrogens is 198 g/mol. The van der Waals surface area contributed by atoms with Gasteiger partial charge in [0.1, 0.15) is 5.78 Å². The predicted molar refractivity (Wildman–Crippen MR) is 66.4 cm³/mol. The van der Waals surface area contributed by atoms with Gasteiger partial charge in [-0.25, -0.2) is 0 Å². The molecule has 92 valence electrons. The molecule has 0 bridgehead atoms. The highest BCUT2D eigenvalue weighted by molar-refractivity contribution is 5.83. The molecule has 2 nitrogen and oxygen atoms in total. The van der Waals surface area contributed by atoms with Gasteiger partial charge < -0.3 is 0 Å². The zero-order valence-electron chi connectivity index (χ0n) is 10.6. The van der Waals surface area contributed by atoms with Crippen LogP contribution >= 0.6 is 0 Å². The van der Waals surface area contributed by atoms with Crippen LogP contribution in [0.1, 0.15) is 51.9 Å². The average Bonchev–Trinajstić information content (AvgIpc) is 2.33. The van der Waals surface area contributed by atoms with E-state index in [1.165, 1.54) is 32.1 Å². The van der Waals surface area contributed by atoms with E-state index in [0.717, 1.165) is 38.4 Å². The number of Topliss-reactive ketones (excluding diaryl/α,β-unsaturated/α-hetero) is 1. The predicted octanol–water partition coefficient (Wildman–Crippen LogP) is 2.87. The van der Waals surface area contributed by atoms with Gasteiger partial charge in [0.15, 0.2) is 0 Å². The molecule has 2 heteroatoms. The van der Waals surface area contributed by atoms with Crippen molar-refractivity contribution in [1.29, 1.82) is 0 Å². The van der Waals surface area contributed by atoms with E-state index in [0.29, 0.717) is 11.7 Å². The van der Waals surface area contributed by atoms with Crippen LogP contribution in [0.25, 0.3) is 0 Å². The van der Waals surface area contributed by atoms with Gasteiger partial charge in [0.25, 0.3) is 0 Å². The molecule has 0 spiro atoms. The van der Waals surface area contributed by atoms with Crippen LogP contribution in [0.2, 0.25) is 0 Å². The Morgan fingerprint density at radius 1 is 1.06 bits per heavy atom. The second-order valence-corrected chi connectivity index (χ2v) is 5.76. The van der Waals surface area contributed by atoms with Crippen molar-refractivity contribution in [2.24, 2.45) is 11.8 Å². The number of rotatable bonds is 3. The molecule has 0 aromatic heterocycles. The maximum absolute atomic E-state index is 12.1. The summed E-state index contributed by atoms with van der Waals surface area (Å²) in [5.41, 5.74) is 0. The minimum atomic E-state index is 0.396. The molecule has 0 amide bonds. The number of nitrogens with zero attached hydrogens (tertiary/aromatic N) is 1. The Kier molecular flexibility index (Phi) is 4.39. The van der Waals surface area contributed by atoms with Crippen molar-refractivity contribution in [2.75, 3.05) is 19.6 Å². The summed E-state index contributed by atoms with van der Waals surface area (Å²) in [6.07, 6.45) is 8.74. The third kappa shape index (κ3) is 3.31. The van der Waals surface area contributed by atoms with Crippen LogP contribution in [-0.4, -0.2) is 30.3 Å². The lowest BCUT2D eigenvalue weighted by molar-refractivity contribution is -0.125. The molecule has 0 unspecified atom stereocenters. The van der Waals surface area contributed by atoms with E-state index in [-0.39, 0.29) is 0 Å². The minimum Gasteiger partial charge on any atom is -0.298 e. The summed E-state index contributed by atoms with van der Waals surface area (Å²) in [6.45, 7) is 5.33. The van der Waals surface area contributed by atoms with E-state index in [9.17, 15) is 4.79 Å². The maximum Gasteiger partial charge on any atom is 0.149 e. The average molecular weight is 223 g/mol. The van der Waals surface area contributed by atoms with Gasteiger partial charge in [-0.3, -0.25) is 9.69 Å². The van der Waals surface area contributed by atoms with Crippen molar-refractivity contribution < 1.29 is 4.79 Å². The zero-order valence-corrected chi connectivity index (χ0v) is 10.6. The lowest BCUT2D eigenvalue weighted by Crippen LogP contribution is -2.39. The first-order chi connectivity index (χ1) is 7.75. The molecule has 0 atom stereocenters. The quantitative estimate of drug-likeness (QED) is 0.733. The van der Waals surface area contributed by atoms with E-state index < -0.39 is 0 Å². The fourth-order valence-electron chi connectivity index (χ4n) is 2.99. The summed E-state index contributed by atoms with van der Waals surface area (Å²) in [6, 6.07) is 0. The summed E-state index contributed by atoms with van der Waals surface area (Å²) in [5, 5.41) is 0. The number of ketones is 1. The van der Waals surface area contributed by atoms with Crippen molar-refractivity contribution in [1.82, 2.24) is 4.90 Å². The summed E-state index contributed by atoms with van der Waals surface area (Å²) >= 11 is 0. The number of likely N-dealkylation sites (tertiary alicyclic amines) is 1. The smallest absolute Gasteiger partial charge is 0.149 e. The van der Waals surface area contributed by atoms with Crippen molar-refractivity contribution in [2.45, 2.75) is 51.9 Å². The van der Waals surface area contributed by atoms with Gasteiger partial charge in [0.2, 0.25) is 0 Å². The molecule has 1 saturated carbocycles. The fourth-order valence-corrected chi connectivity index (χ4v) is 2.99. The molecule has 1 saturated heterocycles. The Hall–Kier alpha value is -0.370. The largest absolute Gasteiger partial charge is 0.298 e. The van der Waals surface area contributed by atoms with Gasteiger partial charge in [-0.1, -0.05) is 26.2 Å². The van der Waals surface area contributed by atoms with E-state index >= 15 is 0 Å². The fraction of sp³-hybridized carbons (Fsp3) is 0.929. The van der Waals surface area contributed by atoms with E-state index in [1.807, 2.05) is 0 Å². The van der Waals surface area contributed by atoms with Crippen LogP contribution in [-0.2, 0) is 4.79 Å². The first-order valence-electron chi connectivity index (χ1n) is 7.01. The molecule has 1 heterocycles. The standard InChI is InChI=1S/C14H25NO/c1-12-7-9-15(10-8-12)11-14(16)13-5-3-2-4-6-13/h12-13H,2-11H2,1H3. The molecule has 0 N–H and O–H groups in total. The van der Waals surface area contributed by atoms with E-state index in [4.69, 9.17) is 0 Å². The molecule has 0 radical (unpaired) electrons. The van der Waals surface area contributed by atoms with Gasteiger partial charge in [-0.2, -0.15) is 0 Å². The molecule has 2 aliphatic rings. The van der Waals surface area contributed by atoms with Gasteiger partial charge in [-0.15, -0.1) is 0 Å². The van der Waals surface area contributed by atoms with Crippen LogP contribution in [0.4, 0.5) is 0 Å². The highest BCUT2D eigenvalue weighted by atomic mass is 16.1. The van der Waals surface area contributed by atoms with Crippen LogP contribution in [0.5, 0.6) is 0 Å².